The summed E-state index contributed by atoms with van der Waals surface area (Å²) < 4.78 is 0. The molecule has 0 aliphatic rings. The standard InChI is InChI=1S/C18H20N2O3/c1-11(2)17(22)12-7-13(9-16(21)8-12)18(23)20-15-6-4-5-14(10-15)19-3/h4-11,19,21H,1-3H3,(H,20,23). The lowest BCUT2D eigenvalue weighted by atomic mass is 9.98. The van der Waals surface area contributed by atoms with Gasteiger partial charge in [0.05, 0.1) is 0 Å². The highest BCUT2D eigenvalue weighted by molar-refractivity contribution is 6.07. The number of hydrogen-bond acceptors (Lipinski definition) is 4. The quantitative estimate of drug-likeness (QED) is 0.738. The van der Waals surface area contributed by atoms with Gasteiger partial charge in [0, 0.05) is 35.5 Å². The summed E-state index contributed by atoms with van der Waals surface area (Å²) in [5.74, 6) is -0.815. The minimum absolute atomic E-state index is 0.106. The number of rotatable bonds is 5. The van der Waals surface area contributed by atoms with Crippen molar-refractivity contribution in [2.24, 2.45) is 5.92 Å². The highest BCUT2D eigenvalue weighted by Crippen LogP contribution is 2.21. The van der Waals surface area contributed by atoms with E-state index in [0.29, 0.717) is 11.3 Å². The minimum atomic E-state index is -0.382. The second-order valence-corrected chi connectivity index (χ2v) is 5.57. The Labute approximate surface area is 135 Å². The normalized spacial score (nSPS) is 10.4. The van der Waals surface area contributed by atoms with Crippen LogP contribution in [0.4, 0.5) is 11.4 Å². The van der Waals surface area contributed by atoms with Gasteiger partial charge in [-0.3, -0.25) is 9.59 Å². The van der Waals surface area contributed by atoms with E-state index in [1.54, 1.807) is 33.0 Å². The van der Waals surface area contributed by atoms with E-state index in [9.17, 15) is 14.7 Å². The number of Topliss-reactive ketones (excluding diaryl/α,β-unsaturated/α-hetero) is 1. The third-order valence-electron chi connectivity index (χ3n) is 3.40. The summed E-state index contributed by atoms with van der Waals surface area (Å²) >= 11 is 0. The molecule has 23 heavy (non-hydrogen) atoms. The van der Waals surface area contributed by atoms with Gasteiger partial charge in [-0.2, -0.15) is 0 Å². The highest BCUT2D eigenvalue weighted by atomic mass is 16.3. The van der Waals surface area contributed by atoms with Gasteiger partial charge in [-0.25, -0.2) is 0 Å². The van der Waals surface area contributed by atoms with Crippen molar-refractivity contribution < 1.29 is 14.7 Å². The molecule has 0 fully saturated rings. The van der Waals surface area contributed by atoms with Gasteiger partial charge in [0.25, 0.3) is 5.91 Å². The highest BCUT2D eigenvalue weighted by Gasteiger charge is 2.15. The van der Waals surface area contributed by atoms with Crippen molar-refractivity contribution in [2.45, 2.75) is 13.8 Å². The monoisotopic (exact) mass is 312 g/mol. The minimum Gasteiger partial charge on any atom is -0.508 e. The first kappa shape index (κ1) is 16.5. The molecule has 0 aliphatic heterocycles. The summed E-state index contributed by atoms with van der Waals surface area (Å²) in [6.07, 6.45) is 0. The van der Waals surface area contributed by atoms with Gasteiger partial charge in [0.15, 0.2) is 5.78 Å². The van der Waals surface area contributed by atoms with Crippen LogP contribution < -0.4 is 10.6 Å². The van der Waals surface area contributed by atoms with Crippen LogP contribution in [0.2, 0.25) is 0 Å². The Bertz CT molecular complexity index is 739. The number of ketones is 1. The van der Waals surface area contributed by atoms with Gasteiger partial charge in [0.1, 0.15) is 5.75 Å². The number of carbonyl (C=O) groups excluding carboxylic acids is 2. The van der Waals surface area contributed by atoms with E-state index in [-0.39, 0.29) is 28.9 Å². The molecule has 3 N–H and O–H groups in total. The molecule has 0 spiro atoms. The van der Waals surface area contributed by atoms with Gasteiger partial charge >= 0.3 is 0 Å². The Balaban J connectivity index is 2.26. The Kier molecular flexibility index (Phi) is 5.01. The molecule has 2 aromatic rings. The number of carbonyl (C=O) groups is 2. The third kappa shape index (κ3) is 4.10. The lowest BCUT2D eigenvalue weighted by Gasteiger charge is -2.10. The zero-order chi connectivity index (χ0) is 17.0. The molecule has 0 atom stereocenters. The van der Waals surface area contributed by atoms with Crippen molar-refractivity contribution >= 4 is 23.1 Å². The summed E-state index contributed by atoms with van der Waals surface area (Å²) in [4.78, 5) is 24.4. The van der Waals surface area contributed by atoms with Crippen LogP contribution in [0.3, 0.4) is 0 Å². The fourth-order valence-corrected chi connectivity index (χ4v) is 2.17. The molecule has 0 saturated heterocycles. The fourth-order valence-electron chi connectivity index (χ4n) is 2.17. The zero-order valence-corrected chi connectivity index (χ0v) is 13.4. The smallest absolute Gasteiger partial charge is 0.255 e. The van der Waals surface area contributed by atoms with Crippen molar-refractivity contribution in [3.63, 3.8) is 0 Å². The number of amides is 1. The van der Waals surface area contributed by atoms with Crippen molar-refractivity contribution in [1.29, 1.82) is 0 Å². The van der Waals surface area contributed by atoms with Gasteiger partial charge < -0.3 is 15.7 Å². The van der Waals surface area contributed by atoms with Crippen LogP contribution in [-0.2, 0) is 0 Å². The maximum absolute atomic E-state index is 12.4. The van der Waals surface area contributed by atoms with E-state index < -0.39 is 0 Å². The lowest BCUT2D eigenvalue weighted by molar-refractivity contribution is 0.0939. The largest absolute Gasteiger partial charge is 0.508 e. The molecule has 0 aliphatic carbocycles. The Morgan fingerprint density at radius 1 is 1.00 bits per heavy atom. The van der Waals surface area contributed by atoms with Gasteiger partial charge in [-0.1, -0.05) is 19.9 Å². The molecular formula is C18H20N2O3. The molecule has 120 valence electrons. The molecule has 2 rings (SSSR count). The molecule has 0 bridgehead atoms. The molecule has 0 heterocycles. The molecule has 1 amide bonds. The lowest BCUT2D eigenvalue weighted by Crippen LogP contribution is -2.14. The molecule has 2 aromatic carbocycles. The first-order chi connectivity index (χ1) is 10.9. The molecule has 0 saturated carbocycles. The number of phenols is 1. The van der Waals surface area contributed by atoms with Gasteiger partial charge in [-0.15, -0.1) is 0 Å². The third-order valence-corrected chi connectivity index (χ3v) is 3.40. The average Bonchev–Trinajstić information content (AvgIpc) is 2.53. The van der Waals surface area contributed by atoms with E-state index in [1.807, 2.05) is 12.1 Å². The Morgan fingerprint density at radius 2 is 1.65 bits per heavy atom. The van der Waals surface area contributed by atoms with E-state index in [2.05, 4.69) is 10.6 Å². The van der Waals surface area contributed by atoms with Crippen LogP contribution in [0.5, 0.6) is 5.75 Å². The maximum atomic E-state index is 12.4. The summed E-state index contributed by atoms with van der Waals surface area (Å²) in [5, 5.41) is 15.5. The maximum Gasteiger partial charge on any atom is 0.255 e. The summed E-state index contributed by atoms with van der Waals surface area (Å²) in [6.45, 7) is 3.55. The first-order valence-corrected chi connectivity index (χ1v) is 7.38. The van der Waals surface area contributed by atoms with Crippen LogP contribution in [0.15, 0.2) is 42.5 Å². The Morgan fingerprint density at radius 3 is 2.30 bits per heavy atom. The Hall–Kier alpha value is -2.82. The van der Waals surface area contributed by atoms with Crippen molar-refractivity contribution in [2.75, 3.05) is 17.7 Å². The number of benzene rings is 2. The fraction of sp³-hybridized carbons (Fsp3) is 0.222. The second-order valence-electron chi connectivity index (χ2n) is 5.57. The number of anilines is 2. The van der Waals surface area contributed by atoms with Gasteiger partial charge in [0.2, 0.25) is 0 Å². The SMILES string of the molecule is CNc1cccc(NC(=O)c2cc(O)cc(C(=O)C(C)C)c2)c1. The second kappa shape index (κ2) is 6.96. The molecule has 0 radical (unpaired) electrons. The predicted octanol–water partition coefficient (Wildman–Crippen LogP) is 3.52. The van der Waals surface area contributed by atoms with Crippen LogP contribution in [-0.4, -0.2) is 23.8 Å². The number of nitrogens with one attached hydrogen (secondary N) is 2. The van der Waals surface area contributed by atoms with Gasteiger partial charge in [-0.05, 0) is 36.4 Å². The molecular weight excluding hydrogens is 292 g/mol. The summed E-state index contributed by atoms with van der Waals surface area (Å²) in [6, 6.07) is 11.5. The number of aromatic hydroxyl groups is 1. The van der Waals surface area contributed by atoms with Crippen molar-refractivity contribution in [3.05, 3.63) is 53.6 Å². The zero-order valence-electron chi connectivity index (χ0n) is 13.4. The summed E-state index contributed by atoms with van der Waals surface area (Å²) in [5.41, 5.74) is 2.06. The van der Waals surface area contributed by atoms with E-state index in [4.69, 9.17) is 0 Å². The van der Waals surface area contributed by atoms with E-state index >= 15 is 0 Å². The topological polar surface area (TPSA) is 78.4 Å². The first-order valence-electron chi connectivity index (χ1n) is 7.38. The molecule has 5 heteroatoms. The van der Waals surface area contributed by atoms with E-state index in [0.717, 1.165) is 5.69 Å². The van der Waals surface area contributed by atoms with Crippen LogP contribution >= 0.6 is 0 Å². The summed E-state index contributed by atoms with van der Waals surface area (Å²) in [7, 11) is 1.79. The van der Waals surface area contributed by atoms with Crippen LogP contribution in [0.1, 0.15) is 34.6 Å². The number of hydrogen-bond donors (Lipinski definition) is 3. The van der Waals surface area contributed by atoms with Crippen LogP contribution in [0.25, 0.3) is 0 Å². The number of phenolic OH excluding ortho intramolecular Hbond substituents is 1. The van der Waals surface area contributed by atoms with Crippen molar-refractivity contribution in [3.8, 4) is 5.75 Å². The van der Waals surface area contributed by atoms with Crippen LogP contribution in [0, 0.1) is 5.92 Å². The van der Waals surface area contributed by atoms with Crippen molar-refractivity contribution in [1.82, 2.24) is 0 Å². The molecule has 0 aromatic heterocycles. The predicted molar refractivity (Wildman–Crippen MR) is 91.2 cm³/mol. The van der Waals surface area contributed by atoms with E-state index in [1.165, 1.54) is 18.2 Å². The molecule has 5 nitrogen and oxygen atoms in total. The average molecular weight is 312 g/mol. The molecule has 0 unspecified atom stereocenters.